The van der Waals surface area contributed by atoms with Crippen molar-refractivity contribution in [1.29, 1.82) is 0 Å². The minimum Gasteiger partial charge on any atom is -0.357 e. The topological polar surface area (TPSA) is 63.8 Å². The monoisotopic (exact) mass is 290 g/mol. The Balaban J connectivity index is 2.51. The lowest BCUT2D eigenvalue weighted by Crippen LogP contribution is -2.29. The summed E-state index contributed by atoms with van der Waals surface area (Å²) in [6.07, 6.45) is 1.09. The Morgan fingerprint density at radius 1 is 1.38 bits per heavy atom. The van der Waals surface area contributed by atoms with Crippen molar-refractivity contribution in [2.45, 2.75) is 4.63 Å². The number of alkyl halides is 1. The predicted molar refractivity (Wildman–Crippen MR) is 52.4 cm³/mol. The second-order valence-electron chi connectivity index (χ2n) is 2.97. The molecule has 1 aromatic heterocycles. The fourth-order valence-electron chi connectivity index (χ4n) is 1.17. The van der Waals surface area contributed by atoms with Crippen molar-refractivity contribution in [2.24, 2.45) is 0 Å². The van der Waals surface area contributed by atoms with Crippen LogP contribution in [0.15, 0.2) is 24.5 Å². The zero-order valence-corrected chi connectivity index (χ0v) is 9.27. The molecule has 1 unspecified atom stereocenters. The van der Waals surface area contributed by atoms with Crippen LogP contribution in [0.1, 0.15) is 5.56 Å². The molecule has 0 saturated carbocycles. The highest BCUT2D eigenvalue weighted by molar-refractivity contribution is 9.09. The number of benzene rings is 1. The maximum Gasteiger partial charge on any atom is 0.247 e. The maximum atomic E-state index is 13.4. The Labute approximate surface area is 96.8 Å². The summed E-state index contributed by atoms with van der Waals surface area (Å²) in [6.45, 7) is 0. The first-order chi connectivity index (χ1) is 7.51. The first kappa shape index (κ1) is 11.1. The van der Waals surface area contributed by atoms with Gasteiger partial charge in [0.25, 0.3) is 0 Å². The molecule has 16 heavy (non-hydrogen) atoms. The molecule has 5 nitrogen and oxygen atoms in total. The standard InChI is InChI=1S/C8H5BrF2N4O/c9-8(16,15-4-12-13-14-15)6-2-1-5(10)3-7(6)11/h1-4,16H. The molecule has 0 aliphatic heterocycles. The van der Waals surface area contributed by atoms with E-state index < -0.39 is 16.3 Å². The van der Waals surface area contributed by atoms with Gasteiger partial charge in [-0.3, -0.25) is 0 Å². The number of halogens is 3. The van der Waals surface area contributed by atoms with E-state index in [9.17, 15) is 13.9 Å². The van der Waals surface area contributed by atoms with Gasteiger partial charge in [0, 0.05) is 6.07 Å². The number of aromatic nitrogens is 4. The van der Waals surface area contributed by atoms with E-state index in [0.717, 1.165) is 23.1 Å². The lowest BCUT2D eigenvalue weighted by atomic mass is 10.2. The molecule has 0 fully saturated rings. The number of hydrogen-bond donors (Lipinski definition) is 1. The zero-order valence-electron chi connectivity index (χ0n) is 7.68. The Morgan fingerprint density at radius 3 is 2.69 bits per heavy atom. The van der Waals surface area contributed by atoms with Crippen LogP contribution in [-0.2, 0) is 4.63 Å². The van der Waals surface area contributed by atoms with Crippen LogP contribution < -0.4 is 0 Å². The lowest BCUT2D eigenvalue weighted by molar-refractivity contribution is 0.0931. The fourth-order valence-corrected chi connectivity index (χ4v) is 1.65. The van der Waals surface area contributed by atoms with Crippen molar-refractivity contribution >= 4 is 15.9 Å². The number of tetrazole rings is 1. The van der Waals surface area contributed by atoms with Gasteiger partial charge in [0.2, 0.25) is 4.63 Å². The maximum absolute atomic E-state index is 13.4. The molecule has 84 valence electrons. The molecule has 2 aromatic rings. The number of aliphatic hydroxyl groups is 1. The van der Waals surface area contributed by atoms with E-state index in [0.29, 0.717) is 6.07 Å². The van der Waals surface area contributed by atoms with Crippen molar-refractivity contribution in [1.82, 2.24) is 20.2 Å². The van der Waals surface area contributed by atoms with Gasteiger partial charge in [-0.2, -0.15) is 4.68 Å². The third kappa shape index (κ3) is 1.81. The van der Waals surface area contributed by atoms with Crippen LogP contribution in [0.5, 0.6) is 0 Å². The van der Waals surface area contributed by atoms with E-state index in [1.165, 1.54) is 0 Å². The molecule has 1 aromatic carbocycles. The summed E-state index contributed by atoms with van der Waals surface area (Å²) < 4.78 is 25.1. The Kier molecular flexibility index (Phi) is 2.68. The van der Waals surface area contributed by atoms with Crippen molar-refractivity contribution in [3.8, 4) is 0 Å². The summed E-state index contributed by atoms with van der Waals surface area (Å²) in [6, 6.07) is 2.78. The van der Waals surface area contributed by atoms with Gasteiger partial charge in [-0.15, -0.1) is 5.10 Å². The summed E-state index contributed by atoms with van der Waals surface area (Å²) in [7, 11) is 0. The largest absolute Gasteiger partial charge is 0.357 e. The summed E-state index contributed by atoms with van der Waals surface area (Å²) in [5.41, 5.74) is -0.193. The average molecular weight is 291 g/mol. The highest BCUT2D eigenvalue weighted by atomic mass is 79.9. The predicted octanol–water partition coefficient (Wildman–Crippen LogP) is 0.997. The van der Waals surface area contributed by atoms with Crippen molar-refractivity contribution in [3.63, 3.8) is 0 Å². The van der Waals surface area contributed by atoms with Gasteiger partial charge in [0.15, 0.2) is 0 Å². The first-order valence-corrected chi connectivity index (χ1v) is 4.91. The molecular formula is C8H5BrF2N4O. The minimum atomic E-state index is -1.95. The quantitative estimate of drug-likeness (QED) is 0.838. The summed E-state index contributed by atoms with van der Waals surface area (Å²) in [4.78, 5) is 0. The third-order valence-electron chi connectivity index (χ3n) is 1.93. The van der Waals surface area contributed by atoms with E-state index in [1.807, 2.05) is 0 Å². The molecule has 0 aliphatic rings. The Hall–Kier alpha value is -1.41. The summed E-state index contributed by atoms with van der Waals surface area (Å²) in [5, 5.41) is 20.0. The van der Waals surface area contributed by atoms with E-state index in [2.05, 4.69) is 31.5 Å². The third-order valence-corrected chi connectivity index (χ3v) is 2.72. The molecule has 0 bridgehead atoms. The number of nitrogens with zero attached hydrogens (tertiary/aromatic N) is 4. The van der Waals surface area contributed by atoms with E-state index in [-0.39, 0.29) is 5.56 Å². The molecule has 0 spiro atoms. The average Bonchev–Trinajstić information content (AvgIpc) is 2.69. The first-order valence-electron chi connectivity index (χ1n) is 4.12. The van der Waals surface area contributed by atoms with Gasteiger partial charge in [-0.05, 0) is 38.5 Å². The summed E-state index contributed by atoms with van der Waals surface area (Å²) in [5.74, 6) is -1.64. The number of rotatable bonds is 2. The molecule has 0 amide bonds. The van der Waals surface area contributed by atoms with Crippen LogP contribution in [0.4, 0.5) is 8.78 Å². The van der Waals surface area contributed by atoms with Gasteiger partial charge >= 0.3 is 0 Å². The lowest BCUT2D eigenvalue weighted by Gasteiger charge is -2.20. The molecule has 1 atom stereocenters. The number of hydrogen-bond acceptors (Lipinski definition) is 4. The van der Waals surface area contributed by atoms with Crippen LogP contribution in [0.3, 0.4) is 0 Å². The second kappa shape index (κ2) is 3.87. The Morgan fingerprint density at radius 2 is 2.12 bits per heavy atom. The van der Waals surface area contributed by atoms with Crippen LogP contribution in [-0.4, -0.2) is 25.3 Å². The normalized spacial score (nSPS) is 14.8. The van der Waals surface area contributed by atoms with Gasteiger partial charge in [-0.25, -0.2) is 8.78 Å². The minimum absolute atomic E-state index is 0.193. The van der Waals surface area contributed by atoms with E-state index in [1.54, 1.807) is 0 Å². The zero-order chi connectivity index (χ0) is 11.8. The highest BCUT2D eigenvalue weighted by Gasteiger charge is 2.32. The molecule has 0 aliphatic carbocycles. The van der Waals surface area contributed by atoms with Gasteiger partial charge in [0.1, 0.15) is 18.0 Å². The van der Waals surface area contributed by atoms with E-state index >= 15 is 0 Å². The Bertz CT molecular complexity index is 503. The van der Waals surface area contributed by atoms with Crippen LogP contribution in [0.25, 0.3) is 0 Å². The van der Waals surface area contributed by atoms with Crippen molar-refractivity contribution in [2.75, 3.05) is 0 Å². The molecule has 0 radical (unpaired) electrons. The summed E-state index contributed by atoms with van der Waals surface area (Å²) >= 11 is 2.87. The molecule has 1 heterocycles. The second-order valence-corrected chi connectivity index (χ2v) is 4.07. The van der Waals surface area contributed by atoms with Crippen LogP contribution >= 0.6 is 15.9 Å². The molecule has 8 heteroatoms. The SMILES string of the molecule is OC(Br)(c1ccc(F)cc1F)n1cnnn1. The highest BCUT2D eigenvalue weighted by Crippen LogP contribution is 2.31. The van der Waals surface area contributed by atoms with Crippen LogP contribution in [0.2, 0.25) is 0 Å². The van der Waals surface area contributed by atoms with Crippen LogP contribution in [0, 0.1) is 11.6 Å². The van der Waals surface area contributed by atoms with Gasteiger partial charge in [0.05, 0.1) is 5.56 Å². The smallest absolute Gasteiger partial charge is 0.247 e. The van der Waals surface area contributed by atoms with Gasteiger partial charge in [-0.1, -0.05) is 0 Å². The molecular weight excluding hydrogens is 286 g/mol. The van der Waals surface area contributed by atoms with Crippen molar-refractivity contribution in [3.05, 3.63) is 41.7 Å². The van der Waals surface area contributed by atoms with Crippen molar-refractivity contribution < 1.29 is 13.9 Å². The molecule has 0 saturated heterocycles. The molecule has 2 rings (SSSR count). The van der Waals surface area contributed by atoms with E-state index in [4.69, 9.17) is 0 Å². The van der Waals surface area contributed by atoms with Gasteiger partial charge < -0.3 is 5.11 Å². The fraction of sp³-hybridized carbons (Fsp3) is 0.125. The molecule has 1 N–H and O–H groups in total.